The molecule has 2 N–H and O–H groups in total. The second-order valence-electron chi connectivity index (χ2n) is 5.01. The lowest BCUT2D eigenvalue weighted by molar-refractivity contribution is -0.385. The van der Waals surface area contributed by atoms with Gasteiger partial charge in [-0.25, -0.2) is 0 Å². The zero-order valence-corrected chi connectivity index (χ0v) is 9.43. The van der Waals surface area contributed by atoms with Gasteiger partial charge in [-0.05, 0) is 17.9 Å². The van der Waals surface area contributed by atoms with Crippen LogP contribution in [0, 0.1) is 15.5 Å². The summed E-state index contributed by atoms with van der Waals surface area (Å²) in [5.41, 5.74) is 6.74. The highest BCUT2D eigenvalue weighted by Crippen LogP contribution is 2.63. The molecule has 1 heterocycles. The molecule has 0 saturated heterocycles. The fraction of sp³-hybridized carbons (Fsp3) is 0.545. The summed E-state index contributed by atoms with van der Waals surface area (Å²) < 4.78 is 0. The van der Waals surface area contributed by atoms with Gasteiger partial charge in [-0.15, -0.1) is 0 Å². The average molecular weight is 221 g/mol. The monoisotopic (exact) mass is 221 g/mol. The third-order valence-corrected chi connectivity index (χ3v) is 3.71. The molecule has 1 saturated carbocycles. The maximum Gasteiger partial charge on any atom is 0.287 e. The van der Waals surface area contributed by atoms with Crippen LogP contribution < -0.4 is 5.73 Å². The lowest BCUT2D eigenvalue weighted by Crippen LogP contribution is -2.26. The Morgan fingerprint density at radius 3 is 2.50 bits per heavy atom. The van der Waals surface area contributed by atoms with E-state index in [1.807, 2.05) is 0 Å². The van der Waals surface area contributed by atoms with E-state index in [-0.39, 0.29) is 16.5 Å². The van der Waals surface area contributed by atoms with Gasteiger partial charge in [-0.3, -0.25) is 15.1 Å². The molecule has 0 radical (unpaired) electrons. The Kier molecular flexibility index (Phi) is 2.24. The zero-order valence-electron chi connectivity index (χ0n) is 9.43. The van der Waals surface area contributed by atoms with Crippen molar-refractivity contribution in [2.24, 2.45) is 11.1 Å². The van der Waals surface area contributed by atoms with Crippen LogP contribution in [-0.4, -0.2) is 16.5 Å². The van der Waals surface area contributed by atoms with Crippen molar-refractivity contribution in [1.29, 1.82) is 0 Å². The quantitative estimate of drug-likeness (QED) is 0.621. The molecule has 0 bridgehead atoms. The Labute approximate surface area is 93.8 Å². The molecule has 5 nitrogen and oxygen atoms in total. The van der Waals surface area contributed by atoms with E-state index in [0.29, 0.717) is 6.54 Å². The van der Waals surface area contributed by atoms with Crippen LogP contribution in [0.1, 0.15) is 26.0 Å². The first kappa shape index (κ1) is 11.0. The summed E-state index contributed by atoms with van der Waals surface area (Å²) in [6.07, 6.45) is 2.29. The van der Waals surface area contributed by atoms with Gasteiger partial charge < -0.3 is 5.73 Å². The Hall–Kier alpha value is -1.49. The molecule has 1 unspecified atom stereocenters. The average Bonchev–Trinajstić information content (AvgIpc) is 2.82. The molecule has 1 aromatic rings. The van der Waals surface area contributed by atoms with E-state index in [0.717, 1.165) is 12.1 Å². The first-order chi connectivity index (χ1) is 7.43. The zero-order chi connectivity index (χ0) is 12.0. The van der Waals surface area contributed by atoms with Gasteiger partial charge in [0.1, 0.15) is 6.20 Å². The van der Waals surface area contributed by atoms with Gasteiger partial charge in [0, 0.05) is 23.7 Å². The molecule has 5 heteroatoms. The Morgan fingerprint density at radius 1 is 1.56 bits per heavy atom. The lowest BCUT2D eigenvalue weighted by Gasteiger charge is -2.17. The number of nitrogens with zero attached hydrogens (tertiary/aromatic N) is 2. The van der Waals surface area contributed by atoms with E-state index in [1.165, 1.54) is 12.3 Å². The second-order valence-corrected chi connectivity index (χ2v) is 5.01. The van der Waals surface area contributed by atoms with Crippen molar-refractivity contribution >= 4 is 5.69 Å². The van der Waals surface area contributed by atoms with Crippen molar-refractivity contribution in [3.8, 4) is 0 Å². The number of rotatable bonds is 3. The van der Waals surface area contributed by atoms with Gasteiger partial charge >= 0.3 is 0 Å². The number of hydrogen-bond acceptors (Lipinski definition) is 4. The number of pyridine rings is 1. The maximum absolute atomic E-state index is 10.5. The summed E-state index contributed by atoms with van der Waals surface area (Å²) in [4.78, 5) is 14.3. The predicted molar refractivity (Wildman–Crippen MR) is 60.0 cm³/mol. The third kappa shape index (κ3) is 1.39. The largest absolute Gasteiger partial charge is 0.330 e. The number of nitro groups is 1. The van der Waals surface area contributed by atoms with Crippen molar-refractivity contribution in [2.75, 3.05) is 6.54 Å². The summed E-state index contributed by atoms with van der Waals surface area (Å²) in [7, 11) is 0. The molecule has 1 aromatic heterocycles. The molecule has 1 aliphatic rings. The Balaban J connectivity index is 2.33. The third-order valence-electron chi connectivity index (χ3n) is 3.71. The molecular weight excluding hydrogens is 206 g/mol. The standard InChI is InChI=1S/C11H15N3O2/c1-10(2)6-11(10,7-12)9-4-3-8(5-13-9)14(15)16/h3-5H,6-7,12H2,1-2H3. The van der Waals surface area contributed by atoms with E-state index in [9.17, 15) is 10.1 Å². The summed E-state index contributed by atoms with van der Waals surface area (Å²) in [5.74, 6) is 0. The fourth-order valence-corrected chi connectivity index (χ4v) is 2.38. The van der Waals surface area contributed by atoms with Crippen LogP contribution in [0.25, 0.3) is 0 Å². The number of nitrogens with two attached hydrogens (primary N) is 1. The summed E-state index contributed by atoms with van der Waals surface area (Å²) >= 11 is 0. The molecule has 0 aliphatic heterocycles. The van der Waals surface area contributed by atoms with Crippen molar-refractivity contribution in [2.45, 2.75) is 25.7 Å². The second kappa shape index (κ2) is 3.25. The van der Waals surface area contributed by atoms with Gasteiger partial charge in [-0.2, -0.15) is 0 Å². The normalized spacial score (nSPS) is 26.4. The van der Waals surface area contributed by atoms with Crippen LogP contribution in [0.2, 0.25) is 0 Å². The smallest absolute Gasteiger partial charge is 0.287 e. The minimum absolute atomic E-state index is 0.0226. The van der Waals surface area contributed by atoms with E-state index in [1.54, 1.807) is 6.07 Å². The summed E-state index contributed by atoms with van der Waals surface area (Å²) in [6, 6.07) is 3.22. The van der Waals surface area contributed by atoms with Gasteiger partial charge in [0.2, 0.25) is 0 Å². The molecule has 1 aliphatic carbocycles. The van der Waals surface area contributed by atoms with Crippen LogP contribution in [0.3, 0.4) is 0 Å². The van der Waals surface area contributed by atoms with Crippen LogP contribution in [0.4, 0.5) is 5.69 Å². The number of aromatic nitrogens is 1. The SMILES string of the molecule is CC1(C)CC1(CN)c1ccc([N+](=O)[O-])cn1. The van der Waals surface area contributed by atoms with E-state index in [2.05, 4.69) is 18.8 Å². The van der Waals surface area contributed by atoms with Crippen molar-refractivity contribution in [1.82, 2.24) is 4.98 Å². The maximum atomic E-state index is 10.5. The van der Waals surface area contributed by atoms with Gasteiger partial charge in [0.25, 0.3) is 5.69 Å². The van der Waals surface area contributed by atoms with E-state index < -0.39 is 4.92 Å². The highest BCUT2D eigenvalue weighted by molar-refractivity contribution is 5.36. The Bertz CT molecular complexity index is 427. The van der Waals surface area contributed by atoms with Gasteiger partial charge in [-0.1, -0.05) is 13.8 Å². The molecule has 16 heavy (non-hydrogen) atoms. The van der Waals surface area contributed by atoms with Crippen molar-refractivity contribution < 1.29 is 4.92 Å². The summed E-state index contributed by atoms with van der Waals surface area (Å²) in [6.45, 7) is 4.82. The molecule has 0 aromatic carbocycles. The Morgan fingerprint density at radius 2 is 2.19 bits per heavy atom. The summed E-state index contributed by atoms with van der Waals surface area (Å²) in [5, 5.41) is 10.5. The van der Waals surface area contributed by atoms with Gasteiger partial charge in [0.05, 0.1) is 4.92 Å². The first-order valence-corrected chi connectivity index (χ1v) is 5.24. The predicted octanol–water partition coefficient (Wildman–Crippen LogP) is 1.62. The van der Waals surface area contributed by atoms with Crippen molar-refractivity contribution in [3.05, 3.63) is 34.1 Å². The first-order valence-electron chi connectivity index (χ1n) is 5.24. The highest BCUT2D eigenvalue weighted by Gasteiger charge is 2.62. The van der Waals surface area contributed by atoms with Crippen LogP contribution in [0.15, 0.2) is 18.3 Å². The number of hydrogen-bond donors (Lipinski definition) is 1. The van der Waals surface area contributed by atoms with E-state index >= 15 is 0 Å². The van der Waals surface area contributed by atoms with Crippen LogP contribution >= 0.6 is 0 Å². The molecule has 0 amide bonds. The molecule has 0 spiro atoms. The molecule has 1 atom stereocenters. The fourth-order valence-electron chi connectivity index (χ4n) is 2.38. The molecular formula is C11H15N3O2. The minimum atomic E-state index is -0.441. The highest BCUT2D eigenvalue weighted by atomic mass is 16.6. The van der Waals surface area contributed by atoms with Crippen molar-refractivity contribution in [3.63, 3.8) is 0 Å². The molecule has 2 rings (SSSR count). The molecule has 1 fully saturated rings. The topological polar surface area (TPSA) is 82.0 Å². The molecule has 86 valence electrons. The van der Waals surface area contributed by atoms with Gasteiger partial charge in [0.15, 0.2) is 0 Å². The minimum Gasteiger partial charge on any atom is -0.330 e. The lowest BCUT2D eigenvalue weighted by atomic mass is 9.92. The van der Waals surface area contributed by atoms with Crippen LogP contribution in [-0.2, 0) is 5.41 Å². The van der Waals surface area contributed by atoms with E-state index in [4.69, 9.17) is 5.73 Å². The van der Waals surface area contributed by atoms with Crippen LogP contribution in [0.5, 0.6) is 0 Å².